The van der Waals surface area contributed by atoms with Crippen LogP contribution in [-0.4, -0.2) is 29.5 Å². The van der Waals surface area contributed by atoms with Crippen molar-refractivity contribution in [1.82, 2.24) is 9.78 Å². The summed E-state index contributed by atoms with van der Waals surface area (Å²) in [5.74, 6) is 1.13. The highest BCUT2D eigenvalue weighted by molar-refractivity contribution is 9.10. The van der Waals surface area contributed by atoms with Crippen molar-refractivity contribution in [2.24, 2.45) is 0 Å². The molecule has 2 heterocycles. The number of hydrogen-bond donors (Lipinski definition) is 1. The molecule has 2 aromatic rings. The van der Waals surface area contributed by atoms with E-state index in [0.29, 0.717) is 0 Å². The van der Waals surface area contributed by atoms with Crippen LogP contribution in [0.3, 0.4) is 0 Å². The highest BCUT2D eigenvalue weighted by atomic mass is 79.9. The molecule has 1 aliphatic heterocycles. The third-order valence-electron chi connectivity index (χ3n) is 3.47. The minimum Gasteiger partial charge on any atom is -0.381 e. The molecule has 1 aromatic heterocycles. The van der Waals surface area contributed by atoms with Gasteiger partial charge in [-0.25, -0.2) is 4.68 Å². The van der Waals surface area contributed by atoms with Gasteiger partial charge in [0.25, 0.3) is 0 Å². The van der Waals surface area contributed by atoms with Crippen LogP contribution in [0.25, 0.3) is 5.69 Å². The van der Waals surface area contributed by atoms with Crippen LogP contribution in [0, 0.1) is 0 Å². The van der Waals surface area contributed by atoms with Crippen molar-refractivity contribution >= 4 is 21.7 Å². The number of rotatable bonds is 5. The van der Waals surface area contributed by atoms with Gasteiger partial charge in [0.05, 0.1) is 18.0 Å². The second-order valence-electron chi connectivity index (χ2n) is 4.79. The summed E-state index contributed by atoms with van der Waals surface area (Å²) in [6.45, 7) is 4.50. The van der Waals surface area contributed by atoms with Gasteiger partial charge in [-0.2, -0.15) is 5.10 Å². The predicted octanol–water partition coefficient (Wildman–Crippen LogP) is 3.18. The van der Waals surface area contributed by atoms with E-state index in [0.717, 1.165) is 54.3 Å². The molecule has 0 saturated heterocycles. The highest BCUT2D eigenvalue weighted by Crippen LogP contribution is 2.29. The molecule has 0 saturated carbocycles. The minimum atomic E-state index is 0.735. The Morgan fingerprint density at radius 2 is 2.35 bits per heavy atom. The molecule has 4 nitrogen and oxygen atoms in total. The molecular weight excluding hydrogens is 318 g/mol. The first-order chi connectivity index (χ1) is 9.79. The number of benzene rings is 1. The second-order valence-corrected chi connectivity index (χ2v) is 5.70. The summed E-state index contributed by atoms with van der Waals surface area (Å²) in [6, 6.07) is 8.21. The number of hydrogen-bond acceptors (Lipinski definition) is 3. The molecule has 5 heteroatoms. The number of anilines is 1. The Kier molecular flexibility index (Phi) is 4.08. The highest BCUT2D eigenvalue weighted by Gasteiger charge is 2.22. The van der Waals surface area contributed by atoms with Crippen LogP contribution in [0.1, 0.15) is 18.2 Å². The van der Waals surface area contributed by atoms with Crippen molar-refractivity contribution in [3.8, 4) is 5.69 Å². The second kappa shape index (κ2) is 5.97. The molecule has 1 aromatic carbocycles. The van der Waals surface area contributed by atoms with Crippen LogP contribution in [0.15, 0.2) is 28.7 Å². The zero-order valence-electron chi connectivity index (χ0n) is 11.5. The van der Waals surface area contributed by atoms with E-state index in [1.54, 1.807) is 0 Å². The fourth-order valence-corrected chi connectivity index (χ4v) is 2.94. The van der Waals surface area contributed by atoms with E-state index in [-0.39, 0.29) is 0 Å². The summed E-state index contributed by atoms with van der Waals surface area (Å²) in [4.78, 5) is 0. The van der Waals surface area contributed by atoms with Crippen LogP contribution in [0.5, 0.6) is 0 Å². The van der Waals surface area contributed by atoms with Crippen molar-refractivity contribution in [2.45, 2.75) is 19.8 Å². The summed E-state index contributed by atoms with van der Waals surface area (Å²) in [6.07, 6.45) is 1.92. The maximum Gasteiger partial charge on any atom is 0.133 e. The van der Waals surface area contributed by atoms with E-state index in [9.17, 15) is 0 Å². The fourth-order valence-electron chi connectivity index (χ4n) is 2.55. The Labute approximate surface area is 127 Å². The number of aromatic nitrogens is 2. The predicted molar refractivity (Wildman–Crippen MR) is 83.7 cm³/mol. The Hall–Kier alpha value is -1.33. The lowest BCUT2D eigenvalue weighted by Gasteiger charge is -2.06. The van der Waals surface area contributed by atoms with Gasteiger partial charge in [-0.05, 0) is 31.5 Å². The molecule has 1 aliphatic rings. The standard InChI is InChI=1S/C15H18BrN3O/c1-2-20-9-7-14-13-6-8-17-15(13)19(18-14)12-5-3-4-11(16)10-12/h3-5,10,17H,2,6-9H2,1H3. The molecule has 0 bridgehead atoms. The molecule has 106 valence electrons. The van der Waals surface area contributed by atoms with Gasteiger partial charge in [0.2, 0.25) is 0 Å². The molecular formula is C15H18BrN3O. The summed E-state index contributed by atoms with van der Waals surface area (Å²) in [5.41, 5.74) is 3.57. The number of nitrogens with one attached hydrogen (secondary N) is 1. The number of ether oxygens (including phenoxy) is 1. The lowest BCUT2D eigenvalue weighted by atomic mass is 10.1. The van der Waals surface area contributed by atoms with E-state index in [4.69, 9.17) is 9.84 Å². The largest absolute Gasteiger partial charge is 0.381 e. The number of fused-ring (bicyclic) bond motifs is 1. The van der Waals surface area contributed by atoms with Crippen molar-refractivity contribution < 1.29 is 4.74 Å². The molecule has 1 N–H and O–H groups in total. The first kappa shape index (κ1) is 13.6. The average molecular weight is 336 g/mol. The van der Waals surface area contributed by atoms with Gasteiger partial charge in [-0.1, -0.05) is 22.0 Å². The van der Waals surface area contributed by atoms with Gasteiger partial charge < -0.3 is 10.1 Å². The van der Waals surface area contributed by atoms with Gasteiger partial charge in [-0.15, -0.1) is 0 Å². The molecule has 0 spiro atoms. The van der Waals surface area contributed by atoms with E-state index in [1.165, 1.54) is 5.56 Å². The van der Waals surface area contributed by atoms with E-state index in [2.05, 4.69) is 33.4 Å². The lowest BCUT2D eigenvalue weighted by molar-refractivity contribution is 0.150. The summed E-state index contributed by atoms with van der Waals surface area (Å²) in [7, 11) is 0. The first-order valence-corrected chi connectivity index (χ1v) is 7.77. The van der Waals surface area contributed by atoms with Gasteiger partial charge in [-0.3, -0.25) is 0 Å². The summed E-state index contributed by atoms with van der Waals surface area (Å²) >= 11 is 3.52. The van der Waals surface area contributed by atoms with Crippen molar-refractivity contribution in [3.63, 3.8) is 0 Å². The van der Waals surface area contributed by atoms with Gasteiger partial charge in [0, 0.05) is 29.6 Å². The van der Waals surface area contributed by atoms with Crippen LogP contribution >= 0.6 is 15.9 Å². The van der Waals surface area contributed by atoms with Gasteiger partial charge in [0.15, 0.2) is 0 Å². The van der Waals surface area contributed by atoms with Crippen LogP contribution < -0.4 is 5.32 Å². The maximum atomic E-state index is 5.45. The third kappa shape index (κ3) is 2.60. The topological polar surface area (TPSA) is 39.1 Å². The average Bonchev–Trinajstić information content (AvgIpc) is 3.02. The van der Waals surface area contributed by atoms with E-state index >= 15 is 0 Å². The molecule has 3 rings (SSSR count). The Morgan fingerprint density at radius 3 is 3.15 bits per heavy atom. The van der Waals surface area contributed by atoms with Crippen LogP contribution in [0.2, 0.25) is 0 Å². The number of halogens is 1. The van der Waals surface area contributed by atoms with Crippen molar-refractivity contribution in [2.75, 3.05) is 25.1 Å². The first-order valence-electron chi connectivity index (χ1n) is 6.98. The SMILES string of the molecule is CCOCCc1nn(-c2cccc(Br)c2)c2c1CCN2. The molecule has 0 amide bonds. The Morgan fingerprint density at radius 1 is 1.45 bits per heavy atom. The lowest BCUT2D eigenvalue weighted by Crippen LogP contribution is -2.06. The Bertz CT molecular complexity index is 609. The zero-order valence-corrected chi connectivity index (χ0v) is 13.1. The quantitative estimate of drug-likeness (QED) is 0.853. The number of nitrogens with zero attached hydrogens (tertiary/aromatic N) is 2. The molecule has 0 unspecified atom stereocenters. The van der Waals surface area contributed by atoms with Crippen molar-refractivity contribution in [1.29, 1.82) is 0 Å². The van der Waals surface area contributed by atoms with Gasteiger partial charge in [0.1, 0.15) is 5.82 Å². The normalized spacial score (nSPS) is 13.3. The van der Waals surface area contributed by atoms with Gasteiger partial charge >= 0.3 is 0 Å². The van der Waals surface area contributed by atoms with Crippen LogP contribution in [-0.2, 0) is 17.6 Å². The molecule has 0 radical (unpaired) electrons. The monoisotopic (exact) mass is 335 g/mol. The van der Waals surface area contributed by atoms with E-state index < -0.39 is 0 Å². The molecule has 0 atom stereocenters. The van der Waals surface area contributed by atoms with E-state index in [1.807, 2.05) is 23.7 Å². The maximum absolute atomic E-state index is 5.45. The smallest absolute Gasteiger partial charge is 0.133 e. The fraction of sp³-hybridized carbons (Fsp3) is 0.400. The Balaban J connectivity index is 1.94. The minimum absolute atomic E-state index is 0.735. The van der Waals surface area contributed by atoms with Crippen molar-refractivity contribution in [3.05, 3.63) is 40.0 Å². The molecule has 0 fully saturated rings. The summed E-state index contributed by atoms with van der Waals surface area (Å²) in [5, 5.41) is 8.21. The molecule has 0 aliphatic carbocycles. The zero-order chi connectivity index (χ0) is 13.9. The van der Waals surface area contributed by atoms with Crippen LogP contribution in [0.4, 0.5) is 5.82 Å². The third-order valence-corrected chi connectivity index (χ3v) is 3.97. The molecule has 20 heavy (non-hydrogen) atoms. The summed E-state index contributed by atoms with van der Waals surface area (Å²) < 4.78 is 8.53.